The SMILES string of the molecule is CCC(O)CNCc1ccc(Cl)c(C)c1. The van der Waals surface area contributed by atoms with Crippen LogP contribution < -0.4 is 5.32 Å². The van der Waals surface area contributed by atoms with Crippen molar-refractivity contribution in [3.05, 3.63) is 34.3 Å². The fraction of sp³-hybridized carbons (Fsp3) is 0.500. The van der Waals surface area contributed by atoms with Gasteiger partial charge < -0.3 is 10.4 Å². The molecular weight excluding hydrogens is 210 g/mol. The molecule has 0 saturated carbocycles. The van der Waals surface area contributed by atoms with Crippen molar-refractivity contribution >= 4 is 11.6 Å². The monoisotopic (exact) mass is 227 g/mol. The van der Waals surface area contributed by atoms with E-state index in [1.807, 2.05) is 26.0 Å². The summed E-state index contributed by atoms with van der Waals surface area (Å²) < 4.78 is 0. The Hall–Kier alpha value is -0.570. The third kappa shape index (κ3) is 4.20. The summed E-state index contributed by atoms with van der Waals surface area (Å²) >= 11 is 5.93. The Morgan fingerprint density at radius 2 is 2.20 bits per heavy atom. The lowest BCUT2D eigenvalue weighted by atomic mass is 10.1. The zero-order valence-electron chi connectivity index (χ0n) is 9.26. The van der Waals surface area contributed by atoms with E-state index in [0.29, 0.717) is 6.54 Å². The van der Waals surface area contributed by atoms with E-state index < -0.39 is 0 Å². The normalized spacial score (nSPS) is 12.8. The van der Waals surface area contributed by atoms with E-state index in [1.54, 1.807) is 0 Å². The molecule has 84 valence electrons. The molecule has 0 radical (unpaired) electrons. The minimum absolute atomic E-state index is 0.251. The van der Waals surface area contributed by atoms with Crippen molar-refractivity contribution in [2.24, 2.45) is 0 Å². The number of aryl methyl sites for hydroxylation is 1. The van der Waals surface area contributed by atoms with Gasteiger partial charge >= 0.3 is 0 Å². The van der Waals surface area contributed by atoms with E-state index in [-0.39, 0.29) is 6.10 Å². The van der Waals surface area contributed by atoms with Crippen molar-refractivity contribution in [2.45, 2.75) is 32.9 Å². The van der Waals surface area contributed by atoms with Crippen molar-refractivity contribution in [3.63, 3.8) is 0 Å². The van der Waals surface area contributed by atoms with Crippen LogP contribution in [0.2, 0.25) is 5.02 Å². The molecule has 3 heteroatoms. The number of aliphatic hydroxyl groups excluding tert-OH is 1. The first-order valence-electron chi connectivity index (χ1n) is 5.27. The molecule has 1 unspecified atom stereocenters. The highest BCUT2D eigenvalue weighted by molar-refractivity contribution is 6.31. The van der Waals surface area contributed by atoms with Gasteiger partial charge in [-0.2, -0.15) is 0 Å². The lowest BCUT2D eigenvalue weighted by molar-refractivity contribution is 0.167. The highest BCUT2D eigenvalue weighted by Crippen LogP contribution is 2.15. The zero-order chi connectivity index (χ0) is 11.3. The van der Waals surface area contributed by atoms with Gasteiger partial charge in [0.1, 0.15) is 0 Å². The number of hydrogen-bond acceptors (Lipinski definition) is 2. The molecule has 0 fully saturated rings. The molecule has 0 spiro atoms. The molecule has 0 bridgehead atoms. The summed E-state index contributed by atoms with van der Waals surface area (Å²) in [5.41, 5.74) is 2.28. The summed E-state index contributed by atoms with van der Waals surface area (Å²) in [5, 5.41) is 13.4. The summed E-state index contributed by atoms with van der Waals surface area (Å²) in [7, 11) is 0. The molecule has 1 atom stereocenters. The molecule has 0 aliphatic rings. The van der Waals surface area contributed by atoms with Crippen LogP contribution in [0.5, 0.6) is 0 Å². The predicted octanol–water partition coefficient (Wildman–Crippen LogP) is 2.51. The lowest BCUT2D eigenvalue weighted by Crippen LogP contribution is -2.25. The van der Waals surface area contributed by atoms with Crippen LogP contribution in [0, 0.1) is 6.92 Å². The van der Waals surface area contributed by atoms with Gasteiger partial charge in [0.2, 0.25) is 0 Å². The maximum absolute atomic E-state index is 9.35. The third-order valence-electron chi connectivity index (χ3n) is 2.40. The van der Waals surface area contributed by atoms with E-state index in [2.05, 4.69) is 11.4 Å². The second-order valence-electron chi connectivity index (χ2n) is 3.78. The highest BCUT2D eigenvalue weighted by Gasteiger charge is 2.00. The minimum atomic E-state index is -0.251. The van der Waals surface area contributed by atoms with Crippen molar-refractivity contribution in [2.75, 3.05) is 6.54 Å². The van der Waals surface area contributed by atoms with Crippen LogP contribution in [0.4, 0.5) is 0 Å². The largest absolute Gasteiger partial charge is 0.392 e. The Kier molecular flexibility index (Phi) is 5.09. The van der Waals surface area contributed by atoms with Crippen LogP contribution in [0.3, 0.4) is 0 Å². The Balaban J connectivity index is 2.41. The predicted molar refractivity (Wildman–Crippen MR) is 64.2 cm³/mol. The summed E-state index contributed by atoms with van der Waals surface area (Å²) in [4.78, 5) is 0. The first kappa shape index (κ1) is 12.5. The van der Waals surface area contributed by atoms with Gasteiger partial charge in [-0.05, 0) is 30.5 Å². The fourth-order valence-electron chi connectivity index (χ4n) is 1.34. The summed E-state index contributed by atoms with van der Waals surface area (Å²) in [6, 6.07) is 5.97. The van der Waals surface area contributed by atoms with Gasteiger partial charge in [0.25, 0.3) is 0 Å². The summed E-state index contributed by atoms with van der Waals surface area (Å²) in [6.45, 7) is 5.37. The molecule has 0 aromatic heterocycles. The zero-order valence-corrected chi connectivity index (χ0v) is 10.0. The smallest absolute Gasteiger partial charge is 0.0662 e. The Morgan fingerprint density at radius 3 is 2.80 bits per heavy atom. The van der Waals surface area contributed by atoms with Crippen molar-refractivity contribution in [1.29, 1.82) is 0 Å². The van der Waals surface area contributed by atoms with Crippen LogP contribution >= 0.6 is 11.6 Å². The second kappa shape index (κ2) is 6.11. The van der Waals surface area contributed by atoms with Gasteiger partial charge in [0.05, 0.1) is 6.10 Å². The number of aliphatic hydroxyl groups is 1. The molecule has 0 heterocycles. The number of nitrogens with one attached hydrogen (secondary N) is 1. The first-order valence-corrected chi connectivity index (χ1v) is 5.65. The van der Waals surface area contributed by atoms with Crippen molar-refractivity contribution in [3.8, 4) is 0 Å². The van der Waals surface area contributed by atoms with Gasteiger partial charge in [0.15, 0.2) is 0 Å². The third-order valence-corrected chi connectivity index (χ3v) is 2.83. The van der Waals surface area contributed by atoms with Gasteiger partial charge in [-0.15, -0.1) is 0 Å². The summed E-state index contributed by atoms with van der Waals surface area (Å²) in [6.07, 6.45) is 0.533. The average Bonchev–Trinajstić information content (AvgIpc) is 2.23. The van der Waals surface area contributed by atoms with Crippen LogP contribution in [0.15, 0.2) is 18.2 Å². The molecule has 1 rings (SSSR count). The van der Waals surface area contributed by atoms with Crippen LogP contribution in [0.1, 0.15) is 24.5 Å². The van der Waals surface area contributed by atoms with E-state index >= 15 is 0 Å². The van der Waals surface area contributed by atoms with Gasteiger partial charge in [-0.3, -0.25) is 0 Å². The van der Waals surface area contributed by atoms with E-state index in [9.17, 15) is 5.11 Å². The van der Waals surface area contributed by atoms with E-state index in [1.165, 1.54) is 5.56 Å². The van der Waals surface area contributed by atoms with Crippen molar-refractivity contribution in [1.82, 2.24) is 5.32 Å². The minimum Gasteiger partial charge on any atom is -0.392 e. The number of rotatable bonds is 5. The van der Waals surface area contributed by atoms with Gasteiger partial charge in [0, 0.05) is 18.1 Å². The molecule has 15 heavy (non-hydrogen) atoms. The van der Waals surface area contributed by atoms with Crippen LogP contribution in [0.25, 0.3) is 0 Å². The highest BCUT2D eigenvalue weighted by atomic mass is 35.5. The molecule has 0 saturated heterocycles. The molecule has 0 aliphatic heterocycles. The Bertz CT molecular complexity index is 314. The standard InChI is InChI=1S/C12H18ClNO/c1-3-11(15)8-14-7-10-4-5-12(13)9(2)6-10/h4-6,11,14-15H,3,7-8H2,1-2H3. The molecule has 2 N–H and O–H groups in total. The summed E-state index contributed by atoms with van der Waals surface area (Å²) in [5.74, 6) is 0. The molecule has 0 aliphatic carbocycles. The maximum atomic E-state index is 9.35. The lowest BCUT2D eigenvalue weighted by Gasteiger charge is -2.10. The average molecular weight is 228 g/mol. The van der Waals surface area contributed by atoms with Crippen LogP contribution in [-0.2, 0) is 6.54 Å². The number of halogens is 1. The Labute approximate surface area is 96.3 Å². The molecule has 2 nitrogen and oxygen atoms in total. The maximum Gasteiger partial charge on any atom is 0.0662 e. The number of benzene rings is 1. The van der Waals surface area contributed by atoms with Crippen molar-refractivity contribution < 1.29 is 5.11 Å². The van der Waals surface area contributed by atoms with Gasteiger partial charge in [-0.25, -0.2) is 0 Å². The van der Waals surface area contributed by atoms with E-state index in [4.69, 9.17) is 11.6 Å². The topological polar surface area (TPSA) is 32.3 Å². The fourth-order valence-corrected chi connectivity index (χ4v) is 1.46. The van der Waals surface area contributed by atoms with Crippen LogP contribution in [-0.4, -0.2) is 17.8 Å². The first-order chi connectivity index (χ1) is 7.13. The molecular formula is C12H18ClNO. The molecule has 0 amide bonds. The molecule has 1 aromatic carbocycles. The van der Waals surface area contributed by atoms with Gasteiger partial charge in [-0.1, -0.05) is 30.7 Å². The molecule has 1 aromatic rings. The second-order valence-corrected chi connectivity index (χ2v) is 4.18. The Morgan fingerprint density at radius 1 is 1.47 bits per heavy atom. The number of hydrogen-bond donors (Lipinski definition) is 2. The van der Waals surface area contributed by atoms with E-state index in [0.717, 1.165) is 23.6 Å². The quantitative estimate of drug-likeness (QED) is 0.810.